The standard InChI is InChI=1S/C15H22N2O3/c18-15(20-12-13-4-2-1-3-5-13)17-7-6-14-10-16-8-9-19-11-14/h1-5,14,16H,6-12H2,(H,17,18). The van der Waals surface area contributed by atoms with Gasteiger partial charge in [0.1, 0.15) is 6.61 Å². The summed E-state index contributed by atoms with van der Waals surface area (Å²) in [7, 11) is 0. The van der Waals surface area contributed by atoms with Gasteiger partial charge in [-0.05, 0) is 17.9 Å². The molecule has 1 atom stereocenters. The molecule has 5 heteroatoms. The lowest BCUT2D eigenvalue weighted by Crippen LogP contribution is -2.30. The van der Waals surface area contributed by atoms with Crippen molar-refractivity contribution >= 4 is 6.09 Å². The van der Waals surface area contributed by atoms with Gasteiger partial charge in [0.15, 0.2) is 0 Å². The molecule has 1 aromatic carbocycles. The normalized spacial score (nSPS) is 19.1. The average Bonchev–Trinajstić information content (AvgIpc) is 2.75. The number of amides is 1. The Kier molecular flexibility index (Phi) is 6.34. The zero-order valence-electron chi connectivity index (χ0n) is 11.6. The Morgan fingerprint density at radius 2 is 2.25 bits per heavy atom. The Morgan fingerprint density at radius 3 is 3.10 bits per heavy atom. The van der Waals surface area contributed by atoms with Crippen molar-refractivity contribution in [3.05, 3.63) is 35.9 Å². The van der Waals surface area contributed by atoms with Gasteiger partial charge >= 0.3 is 6.09 Å². The third-order valence-corrected chi connectivity index (χ3v) is 3.24. The van der Waals surface area contributed by atoms with Crippen LogP contribution < -0.4 is 10.6 Å². The molecule has 1 fully saturated rings. The molecule has 20 heavy (non-hydrogen) atoms. The van der Waals surface area contributed by atoms with E-state index >= 15 is 0 Å². The van der Waals surface area contributed by atoms with Crippen molar-refractivity contribution in [3.8, 4) is 0 Å². The second kappa shape index (κ2) is 8.55. The van der Waals surface area contributed by atoms with Crippen molar-refractivity contribution in [2.24, 2.45) is 5.92 Å². The number of ether oxygens (including phenoxy) is 2. The van der Waals surface area contributed by atoms with Crippen molar-refractivity contribution < 1.29 is 14.3 Å². The first-order chi connectivity index (χ1) is 9.84. The number of rotatable bonds is 5. The van der Waals surface area contributed by atoms with Crippen LogP contribution in [-0.4, -0.2) is 38.9 Å². The Balaban J connectivity index is 1.58. The van der Waals surface area contributed by atoms with Crippen molar-refractivity contribution in [2.45, 2.75) is 13.0 Å². The molecule has 0 aromatic heterocycles. The smallest absolute Gasteiger partial charge is 0.407 e. The van der Waals surface area contributed by atoms with Crippen molar-refractivity contribution in [3.63, 3.8) is 0 Å². The predicted octanol–water partition coefficient (Wildman–Crippen LogP) is 1.54. The summed E-state index contributed by atoms with van der Waals surface area (Å²) in [6.45, 7) is 4.30. The molecule has 0 radical (unpaired) electrons. The van der Waals surface area contributed by atoms with Crippen LogP contribution in [0.3, 0.4) is 0 Å². The molecule has 0 spiro atoms. The van der Waals surface area contributed by atoms with Gasteiger partial charge in [-0.3, -0.25) is 0 Å². The molecule has 0 bridgehead atoms. The van der Waals surface area contributed by atoms with E-state index in [-0.39, 0.29) is 6.09 Å². The Labute approximate surface area is 119 Å². The maximum Gasteiger partial charge on any atom is 0.407 e. The molecule has 1 aliphatic heterocycles. The highest BCUT2D eigenvalue weighted by molar-refractivity contribution is 5.67. The number of nitrogens with one attached hydrogen (secondary N) is 2. The van der Waals surface area contributed by atoms with Crippen molar-refractivity contribution in [1.29, 1.82) is 0 Å². The van der Waals surface area contributed by atoms with Gasteiger partial charge in [0.2, 0.25) is 0 Å². The Hall–Kier alpha value is -1.59. The molecular formula is C15H22N2O3. The van der Waals surface area contributed by atoms with E-state index in [4.69, 9.17) is 9.47 Å². The molecule has 2 N–H and O–H groups in total. The van der Waals surface area contributed by atoms with Crippen LogP contribution in [0, 0.1) is 5.92 Å². The number of hydrogen-bond acceptors (Lipinski definition) is 4. The summed E-state index contributed by atoms with van der Waals surface area (Å²) in [6.07, 6.45) is 0.532. The summed E-state index contributed by atoms with van der Waals surface area (Å²) in [6, 6.07) is 9.65. The highest BCUT2D eigenvalue weighted by atomic mass is 16.5. The lowest BCUT2D eigenvalue weighted by atomic mass is 10.1. The zero-order chi connectivity index (χ0) is 14.0. The molecule has 2 rings (SSSR count). The van der Waals surface area contributed by atoms with E-state index in [0.29, 0.717) is 19.1 Å². The van der Waals surface area contributed by atoms with Gasteiger partial charge in [-0.1, -0.05) is 30.3 Å². The maximum absolute atomic E-state index is 11.5. The van der Waals surface area contributed by atoms with Crippen LogP contribution in [0.1, 0.15) is 12.0 Å². The molecule has 1 heterocycles. The van der Waals surface area contributed by atoms with E-state index in [1.807, 2.05) is 30.3 Å². The quantitative estimate of drug-likeness (QED) is 0.857. The van der Waals surface area contributed by atoms with E-state index < -0.39 is 0 Å². The summed E-state index contributed by atoms with van der Waals surface area (Å²) in [5.41, 5.74) is 0.990. The summed E-state index contributed by atoms with van der Waals surface area (Å²) in [5, 5.41) is 6.09. The fraction of sp³-hybridized carbons (Fsp3) is 0.533. The predicted molar refractivity (Wildman–Crippen MR) is 76.4 cm³/mol. The molecule has 1 unspecified atom stereocenters. The second-order valence-electron chi connectivity index (χ2n) is 4.92. The monoisotopic (exact) mass is 278 g/mol. The van der Waals surface area contributed by atoms with Gasteiger partial charge in [-0.25, -0.2) is 4.79 Å². The summed E-state index contributed by atoms with van der Waals surface area (Å²) < 4.78 is 10.6. The van der Waals surface area contributed by atoms with Gasteiger partial charge in [0, 0.05) is 19.6 Å². The highest BCUT2D eigenvalue weighted by Crippen LogP contribution is 2.04. The van der Waals surface area contributed by atoms with Gasteiger partial charge in [0.25, 0.3) is 0 Å². The van der Waals surface area contributed by atoms with Gasteiger partial charge in [-0.2, -0.15) is 0 Å². The minimum Gasteiger partial charge on any atom is -0.445 e. The molecule has 0 saturated carbocycles. The summed E-state index contributed by atoms with van der Waals surface area (Å²) in [4.78, 5) is 11.5. The van der Waals surface area contributed by atoms with Crippen LogP contribution in [0.2, 0.25) is 0 Å². The summed E-state index contributed by atoms with van der Waals surface area (Å²) >= 11 is 0. The van der Waals surface area contributed by atoms with Gasteiger partial charge < -0.3 is 20.1 Å². The molecule has 1 saturated heterocycles. The lowest BCUT2D eigenvalue weighted by molar-refractivity contribution is 0.118. The van der Waals surface area contributed by atoms with E-state index in [2.05, 4.69) is 10.6 Å². The Morgan fingerprint density at radius 1 is 1.40 bits per heavy atom. The number of benzene rings is 1. The third-order valence-electron chi connectivity index (χ3n) is 3.24. The number of carbonyl (C=O) groups is 1. The Bertz CT molecular complexity index is 389. The first kappa shape index (κ1) is 14.8. The largest absolute Gasteiger partial charge is 0.445 e. The van der Waals surface area contributed by atoms with Crippen LogP contribution in [0.4, 0.5) is 4.79 Å². The van der Waals surface area contributed by atoms with E-state index in [9.17, 15) is 4.79 Å². The van der Waals surface area contributed by atoms with Crippen molar-refractivity contribution in [1.82, 2.24) is 10.6 Å². The molecular weight excluding hydrogens is 256 g/mol. The fourth-order valence-corrected chi connectivity index (χ4v) is 2.10. The van der Waals surface area contributed by atoms with Crippen molar-refractivity contribution in [2.75, 3.05) is 32.8 Å². The van der Waals surface area contributed by atoms with Crippen LogP contribution in [-0.2, 0) is 16.1 Å². The third kappa shape index (κ3) is 5.59. The molecule has 110 valence electrons. The first-order valence-electron chi connectivity index (χ1n) is 7.07. The highest BCUT2D eigenvalue weighted by Gasteiger charge is 2.12. The molecule has 1 aromatic rings. The number of carbonyl (C=O) groups excluding carboxylic acids is 1. The second-order valence-corrected chi connectivity index (χ2v) is 4.92. The van der Waals surface area contributed by atoms with E-state index in [1.54, 1.807) is 0 Å². The molecule has 1 aliphatic rings. The van der Waals surface area contributed by atoms with Gasteiger partial charge in [-0.15, -0.1) is 0 Å². The minimum absolute atomic E-state index is 0.306. The van der Waals surface area contributed by atoms with E-state index in [1.165, 1.54) is 0 Å². The SMILES string of the molecule is O=C(NCCC1CNCCOC1)OCc1ccccc1. The molecule has 5 nitrogen and oxygen atoms in total. The van der Waals surface area contributed by atoms with Gasteiger partial charge in [0.05, 0.1) is 13.2 Å². The average molecular weight is 278 g/mol. The van der Waals surface area contributed by atoms with Crippen LogP contribution in [0.25, 0.3) is 0 Å². The number of alkyl carbamates (subject to hydrolysis) is 1. The number of hydrogen-bond donors (Lipinski definition) is 2. The maximum atomic E-state index is 11.5. The molecule has 1 amide bonds. The van der Waals surface area contributed by atoms with E-state index in [0.717, 1.165) is 38.3 Å². The minimum atomic E-state index is -0.364. The first-order valence-corrected chi connectivity index (χ1v) is 7.07. The van der Waals surface area contributed by atoms with Crippen LogP contribution in [0.5, 0.6) is 0 Å². The zero-order valence-corrected chi connectivity index (χ0v) is 11.6. The lowest BCUT2D eigenvalue weighted by Gasteiger charge is -2.14. The molecule has 0 aliphatic carbocycles. The topological polar surface area (TPSA) is 59.6 Å². The van der Waals surface area contributed by atoms with Crippen LogP contribution in [0.15, 0.2) is 30.3 Å². The summed E-state index contributed by atoms with van der Waals surface area (Å²) in [5.74, 6) is 0.451. The van der Waals surface area contributed by atoms with Crippen LogP contribution >= 0.6 is 0 Å². The fourth-order valence-electron chi connectivity index (χ4n) is 2.10.